The monoisotopic (exact) mass is 403 g/mol. The Morgan fingerprint density at radius 2 is 2.15 bits per heavy atom. The molecule has 0 saturated carbocycles. The molecule has 2 aromatic heterocycles. The summed E-state index contributed by atoms with van der Waals surface area (Å²) in [6.45, 7) is 1.71. The third-order valence-corrected chi connectivity index (χ3v) is 5.85. The molecule has 0 aromatic carbocycles. The molecule has 1 saturated heterocycles. The molecule has 0 spiro atoms. The van der Waals surface area contributed by atoms with E-state index >= 15 is 0 Å². The van der Waals surface area contributed by atoms with Gasteiger partial charge >= 0.3 is 0 Å². The van der Waals surface area contributed by atoms with E-state index in [9.17, 15) is 4.79 Å². The number of likely N-dealkylation sites (tertiary alicyclic amines) is 1. The van der Waals surface area contributed by atoms with Gasteiger partial charge in [0.2, 0.25) is 5.88 Å². The Labute approximate surface area is 134 Å². The van der Waals surface area contributed by atoms with Crippen molar-refractivity contribution in [2.45, 2.75) is 19.3 Å². The lowest BCUT2D eigenvalue weighted by Crippen LogP contribution is -2.35. The van der Waals surface area contributed by atoms with Gasteiger partial charge in [-0.3, -0.25) is 4.79 Å². The third kappa shape index (κ3) is 2.48. The lowest BCUT2D eigenvalue weighted by atomic mass is 10.1. The van der Waals surface area contributed by atoms with E-state index in [0.29, 0.717) is 5.88 Å². The average molecular weight is 403 g/mol. The van der Waals surface area contributed by atoms with Gasteiger partial charge in [0, 0.05) is 13.1 Å². The van der Waals surface area contributed by atoms with E-state index in [1.807, 2.05) is 4.90 Å². The third-order valence-electron chi connectivity index (χ3n) is 3.37. The average Bonchev–Trinajstić information content (AvgIpc) is 2.84. The number of hydrogen-bond donors (Lipinski definition) is 0. The van der Waals surface area contributed by atoms with Gasteiger partial charge in [0.05, 0.1) is 16.9 Å². The first-order chi connectivity index (χ1) is 9.70. The van der Waals surface area contributed by atoms with Gasteiger partial charge in [-0.15, -0.1) is 11.3 Å². The van der Waals surface area contributed by atoms with E-state index in [-0.39, 0.29) is 5.91 Å². The highest BCUT2D eigenvalue weighted by molar-refractivity contribution is 14.1. The zero-order valence-corrected chi connectivity index (χ0v) is 14.0. The number of piperidine rings is 1. The fourth-order valence-corrected chi connectivity index (χ4v) is 4.43. The molecule has 0 N–H and O–H groups in total. The number of thiophene rings is 1. The van der Waals surface area contributed by atoms with Crippen molar-refractivity contribution in [3.05, 3.63) is 14.6 Å². The molecule has 106 valence electrons. The van der Waals surface area contributed by atoms with Crippen molar-refractivity contribution < 1.29 is 9.53 Å². The van der Waals surface area contributed by atoms with Gasteiger partial charge in [0.15, 0.2) is 0 Å². The van der Waals surface area contributed by atoms with Crippen LogP contribution in [0.15, 0.2) is 6.20 Å². The van der Waals surface area contributed by atoms with Crippen molar-refractivity contribution in [2.75, 3.05) is 20.2 Å². The van der Waals surface area contributed by atoms with Crippen LogP contribution in [0.3, 0.4) is 0 Å². The molecule has 1 amide bonds. The van der Waals surface area contributed by atoms with Crippen LogP contribution in [0.4, 0.5) is 0 Å². The molecular weight excluding hydrogens is 389 g/mol. The first-order valence-corrected chi connectivity index (χ1v) is 8.38. The molecule has 2 aromatic rings. The zero-order valence-electron chi connectivity index (χ0n) is 11.1. The van der Waals surface area contributed by atoms with Crippen LogP contribution < -0.4 is 4.74 Å². The summed E-state index contributed by atoms with van der Waals surface area (Å²) in [7, 11) is 1.56. The molecule has 1 fully saturated rings. The molecular formula is C13H14IN3O2S. The van der Waals surface area contributed by atoms with Crippen molar-refractivity contribution in [3.8, 4) is 5.88 Å². The Morgan fingerprint density at radius 1 is 1.40 bits per heavy atom. The molecule has 0 unspecified atom stereocenters. The maximum absolute atomic E-state index is 12.6. The quantitative estimate of drug-likeness (QED) is 0.724. The largest absolute Gasteiger partial charge is 0.480 e. The molecule has 0 aliphatic carbocycles. The maximum atomic E-state index is 12.6. The van der Waals surface area contributed by atoms with Crippen LogP contribution in [0.1, 0.15) is 28.9 Å². The Bertz CT molecular complexity index is 652. The summed E-state index contributed by atoms with van der Waals surface area (Å²) in [6.07, 6.45) is 5.00. The molecule has 3 rings (SSSR count). The van der Waals surface area contributed by atoms with Gasteiger partial charge < -0.3 is 9.64 Å². The molecule has 0 bridgehead atoms. The number of nitrogens with zero attached hydrogens (tertiary/aromatic N) is 3. The summed E-state index contributed by atoms with van der Waals surface area (Å²) in [6, 6.07) is 0. The van der Waals surface area contributed by atoms with Crippen LogP contribution in [0.5, 0.6) is 5.88 Å². The van der Waals surface area contributed by atoms with Crippen molar-refractivity contribution in [1.29, 1.82) is 0 Å². The van der Waals surface area contributed by atoms with E-state index in [1.165, 1.54) is 17.8 Å². The molecule has 1 aliphatic rings. The first kappa shape index (κ1) is 14.0. The summed E-state index contributed by atoms with van der Waals surface area (Å²) in [5.41, 5.74) is 0.789. The summed E-state index contributed by atoms with van der Waals surface area (Å²) in [5.74, 6) is 0.588. The van der Waals surface area contributed by atoms with Crippen LogP contribution in [0.2, 0.25) is 0 Å². The van der Waals surface area contributed by atoms with Gasteiger partial charge in [-0.25, -0.2) is 4.98 Å². The van der Waals surface area contributed by atoms with Crippen molar-refractivity contribution in [1.82, 2.24) is 14.9 Å². The molecule has 0 atom stereocenters. The van der Waals surface area contributed by atoms with Gasteiger partial charge in [-0.2, -0.15) is 4.98 Å². The van der Waals surface area contributed by atoms with E-state index in [1.54, 1.807) is 13.3 Å². The lowest BCUT2D eigenvalue weighted by molar-refractivity contribution is 0.0728. The smallest absolute Gasteiger partial charge is 0.265 e. The second-order valence-electron chi connectivity index (χ2n) is 4.66. The lowest BCUT2D eigenvalue weighted by Gasteiger charge is -2.26. The number of methoxy groups -OCH3 is 1. The number of ether oxygens (including phenoxy) is 1. The zero-order chi connectivity index (χ0) is 14.1. The van der Waals surface area contributed by atoms with Gasteiger partial charge in [0.1, 0.15) is 15.2 Å². The van der Waals surface area contributed by atoms with Crippen LogP contribution >= 0.6 is 33.9 Å². The Hall–Kier alpha value is -0.960. The van der Waals surface area contributed by atoms with Crippen LogP contribution in [0.25, 0.3) is 10.3 Å². The highest BCUT2D eigenvalue weighted by Gasteiger charge is 2.24. The summed E-state index contributed by atoms with van der Waals surface area (Å²) >= 11 is 3.59. The highest BCUT2D eigenvalue weighted by Crippen LogP contribution is 2.32. The fourth-order valence-electron chi connectivity index (χ4n) is 2.30. The topological polar surface area (TPSA) is 55.3 Å². The highest BCUT2D eigenvalue weighted by atomic mass is 127. The second-order valence-corrected chi connectivity index (χ2v) is 6.74. The Kier molecular flexibility index (Phi) is 4.06. The Balaban J connectivity index is 1.98. The number of amides is 1. The molecule has 1 aliphatic heterocycles. The number of hydrogen-bond acceptors (Lipinski definition) is 5. The summed E-state index contributed by atoms with van der Waals surface area (Å²) in [5, 5.41) is 0. The minimum atomic E-state index is 0.109. The van der Waals surface area contributed by atoms with Gasteiger partial charge in [-0.1, -0.05) is 0 Å². The standard InChI is InChI=1S/C13H14IN3O2S/c1-19-8-7-15-10-9(14)11(20-12(10)16-8)13(18)17-5-3-2-4-6-17/h7H,2-6H2,1H3. The summed E-state index contributed by atoms with van der Waals surface area (Å²) < 4.78 is 5.98. The minimum absolute atomic E-state index is 0.109. The number of aromatic nitrogens is 2. The maximum Gasteiger partial charge on any atom is 0.265 e. The molecule has 3 heterocycles. The van der Waals surface area contributed by atoms with Crippen LogP contribution in [-0.2, 0) is 0 Å². The number of carbonyl (C=O) groups excluding carboxylic acids is 1. The van der Waals surface area contributed by atoms with E-state index < -0.39 is 0 Å². The number of carbonyl (C=O) groups is 1. The predicted octanol–water partition coefficient (Wildman–Crippen LogP) is 2.93. The van der Waals surface area contributed by atoms with E-state index in [4.69, 9.17) is 4.74 Å². The first-order valence-electron chi connectivity index (χ1n) is 6.49. The molecule has 7 heteroatoms. The Morgan fingerprint density at radius 3 is 2.85 bits per heavy atom. The molecule has 5 nitrogen and oxygen atoms in total. The number of fused-ring (bicyclic) bond motifs is 1. The van der Waals surface area contributed by atoms with Gasteiger partial charge in [0.25, 0.3) is 5.91 Å². The SMILES string of the molecule is COc1cnc2c(I)c(C(=O)N3CCCCC3)sc2n1. The van der Waals surface area contributed by atoms with Gasteiger partial charge in [-0.05, 0) is 41.9 Å². The summed E-state index contributed by atoms with van der Waals surface area (Å²) in [4.78, 5) is 24.7. The fraction of sp³-hybridized carbons (Fsp3) is 0.462. The van der Waals surface area contributed by atoms with Crippen LogP contribution in [0, 0.1) is 3.57 Å². The normalized spacial score (nSPS) is 15.6. The van der Waals surface area contributed by atoms with E-state index in [2.05, 4.69) is 32.6 Å². The van der Waals surface area contributed by atoms with Crippen LogP contribution in [-0.4, -0.2) is 41.0 Å². The molecule has 0 radical (unpaired) electrons. The van der Waals surface area contributed by atoms with E-state index in [0.717, 1.165) is 44.7 Å². The predicted molar refractivity (Wildman–Crippen MR) is 86.4 cm³/mol. The van der Waals surface area contributed by atoms with Crippen molar-refractivity contribution in [3.63, 3.8) is 0 Å². The number of rotatable bonds is 2. The molecule has 20 heavy (non-hydrogen) atoms. The van der Waals surface area contributed by atoms with Crippen molar-refractivity contribution in [2.24, 2.45) is 0 Å². The second kappa shape index (κ2) is 5.80. The number of halogens is 1. The minimum Gasteiger partial charge on any atom is -0.480 e. The van der Waals surface area contributed by atoms with Crippen molar-refractivity contribution >= 4 is 50.2 Å².